The molecule has 1 amide bonds. The summed E-state index contributed by atoms with van der Waals surface area (Å²) in [5.74, 6) is 1.55. The molecule has 160 valence electrons. The van der Waals surface area contributed by atoms with Gasteiger partial charge in [-0.3, -0.25) is 0 Å². The molecule has 2 aliphatic heterocycles. The quantitative estimate of drug-likeness (QED) is 0.617. The van der Waals surface area contributed by atoms with Gasteiger partial charge in [0.1, 0.15) is 11.4 Å². The molecule has 2 saturated heterocycles. The van der Waals surface area contributed by atoms with E-state index in [0.29, 0.717) is 38.7 Å². The standard InChI is InChI=1S/C21H34N6O2/c1-16-7-8-17(18(24-16)25-9-5-6-10-25)15-23-19(22)26-11-13-27(14-12-26)20(28)29-21(2,3)4/h7-8H,5-6,9-15H2,1-4H3,(H2,22,23). The van der Waals surface area contributed by atoms with Gasteiger partial charge in [-0.25, -0.2) is 14.8 Å². The number of hydrogen-bond acceptors (Lipinski definition) is 5. The number of carbonyl (C=O) groups excluding carboxylic acids is 1. The number of aryl methyl sites for hydroxylation is 1. The van der Waals surface area contributed by atoms with Crippen LogP contribution in [0.3, 0.4) is 0 Å². The molecule has 3 heterocycles. The van der Waals surface area contributed by atoms with E-state index in [1.807, 2.05) is 38.7 Å². The van der Waals surface area contributed by atoms with Crippen molar-refractivity contribution in [3.63, 3.8) is 0 Å². The first-order valence-corrected chi connectivity index (χ1v) is 10.5. The molecule has 0 bridgehead atoms. The van der Waals surface area contributed by atoms with E-state index >= 15 is 0 Å². The second-order valence-corrected chi connectivity index (χ2v) is 8.76. The van der Waals surface area contributed by atoms with E-state index in [4.69, 9.17) is 15.5 Å². The molecule has 0 atom stereocenters. The fourth-order valence-corrected chi connectivity index (χ4v) is 3.61. The number of aromatic nitrogens is 1. The summed E-state index contributed by atoms with van der Waals surface area (Å²) in [6.07, 6.45) is 2.15. The molecule has 2 N–H and O–H groups in total. The van der Waals surface area contributed by atoms with Crippen molar-refractivity contribution < 1.29 is 9.53 Å². The average molecular weight is 403 g/mol. The highest BCUT2D eigenvalue weighted by Crippen LogP contribution is 2.23. The van der Waals surface area contributed by atoms with Crippen molar-refractivity contribution in [2.24, 2.45) is 10.7 Å². The maximum Gasteiger partial charge on any atom is 0.410 e. The largest absolute Gasteiger partial charge is 0.444 e. The first-order valence-electron chi connectivity index (χ1n) is 10.5. The van der Waals surface area contributed by atoms with Crippen molar-refractivity contribution in [3.8, 4) is 0 Å². The smallest absolute Gasteiger partial charge is 0.410 e. The van der Waals surface area contributed by atoms with Crippen molar-refractivity contribution in [2.45, 2.75) is 52.7 Å². The Kier molecular flexibility index (Phi) is 6.49. The zero-order valence-electron chi connectivity index (χ0n) is 18.1. The van der Waals surface area contributed by atoms with Crippen LogP contribution in [-0.4, -0.2) is 71.7 Å². The number of nitrogens with two attached hydrogens (primary N) is 1. The van der Waals surface area contributed by atoms with Crippen LogP contribution in [0.4, 0.5) is 10.6 Å². The molecule has 2 aliphatic rings. The molecule has 0 radical (unpaired) electrons. The van der Waals surface area contributed by atoms with Gasteiger partial charge in [0.05, 0.1) is 6.54 Å². The van der Waals surface area contributed by atoms with Gasteiger partial charge in [0.2, 0.25) is 0 Å². The van der Waals surface area contributed by atoms with Crippen LogP contribution in [0, 0.1) is 6.92 Å². The molecule has 29 heavy (non-hydrogen) atoms. The van der Waals surface area contributed by atoms with Gasteiger partial charge in [-0.1, -0.05) is 6.07 Å². The van der Waals surface area contributed by atoms with Gasteiger partial charge in [0, 0.05) is 50.5 Å². The van der Waals surface area contributed by atoms with E-state index in [-0.39, 0.29) is 6.09 Å². The van der Waals surface area contributed by atoms with Crippen LogP contribution in [0.2, 0.25) is 0 Å². The van der Waals surface area contributed by atoms with E-state index in [1.165, 1.54) is 12.8 Å². The fraction of sp³-hybridized carbons (Fsp3) is 0.667. The number of anilines is 1. The molecule has 2 fully saturated rings. The Morgan fingerprint density at radius 3 is 2.34 bits per heavy atom. The summed E-state index contributed by atoms with van der Waals surface area (Å²) in [5, 5.41) is 0. The molecule has 8 heteroatoms. The minimum atomic E-state index is -0.482. The molecular formula is C21H34N6O2. The Hall–Kier alpha value is -2.51. The molecule has 8 nitrogen and oxygen atoms in total. The summed E-state index contributed by atoms with van der Waals surface area (Å²) < 4.78 is 5.45. The number of nitrogens with zero attached hydrogens (tertiary/aromatic N) is 5. The van der Waals surface area contributed by atoms with Gasteiger partial charge in [-0.05, 0) is 46.6 Å². The van der Waals surface area contributed by atoms with Crippen LogP contribution in [-0.2, 0) is 11.3 Å². The Morgan fingerprint density at radius 1 is 1.10 bits per heavy atom. The second-order valence-electron chi connectivity index (χ2n) is 8.76. The molecule has 0 saturated carbocycles. The number of hydrogen-bond donors (Lipinski definition) is 1. The van der Waals surface area contributed by atoms with Crippen LogP contribution >= 0.6 is 0 Å². The van der Waals surface area contributed by atoms with Crippen molar-refractivity contribution in [3.05, 3.63) is 23.4 Å². The summed E-state index contributed by atoms with van der Waals surface area (Å²) in [5.41, 5.74) is 7.90. The zero-order chi connectivity index (χ0) is 21.0. The maximum absolute atomic E-state index is 12.2. The van der Waals surface area contributed by atoms with Gasteiger partial charge in [-0.15, -0.1) is 0 Å². The normalized spacial score (nSPS) is 18.3. The topological polar surface area (TPSA) is 87.3 Å². The lowest BCUT2D eigenvalue weighted by Gasteiger charge is -2.36. The van der Waals surface area contributed by atoms with E-state index < -0.39 is 5.60 Å². The highest BCUT2D eigenvalue weighted by molar-refractivity contribution is 5.78. The maximum atomic E-state index is 12.2. The van der Waals surface area contributed by atoms with Gasteiger partial charge in [-0.2, -0.15) is 0 Å². The molecule has 3 rings (SSSR count). The number of rotatable bonds is 3. The Bertz CT molecular complexity index is 744. The molecule has 0 spiro atoms. The summed E-state index contributed by atoms with van der Waals surface area (Å²) in [6, 6.07) is 4.13. The highest BCUT2D eigenvalue weighted by Gasteiger charge is 2.26. The van der Waals surface area contributed by atoms with E-state index in [1.54, 1.807) is 4.90 Å². The third-order valence-electron chi connectivity index (χ3n) is 5.17. The van der Waals surface area contributed by atoms with Gasteiger partial charge >= 0.3 is 6.09 Å². The average Bonchev–Trinajstić information content (AvgIpc) is 3.20. The number of pyridine rings is 1. The van der Waals surface area contributed by atoms with Crippen LogP contribution in [0.5, 0.6) is 0 Å². The van der Waals surface area contributed by atoms with E-state index in [0.717, 1.165) is 30.2 Å². The Morgan fingerprint density at radius 2 is 1.72 bits per heavy atom. The summed E-state index contributed by atoms with van der Waals surface area (Å²) in [4.78, 5) is 27.7. The minimum Gasteiger partial charge on any atom is -0.444 e. The first-order chi connectivity index (χ1) is 13.7. The third kappa shape index (κ3) is 5.74. The number of piperazine rings is 1. The van der Waals surface area contributed by atoms with Crippen molar-refractivity contribution in [2.75, 3.05) is 44.2 Å². The van der Waals surface area contributed by atoms with Crippen LogP contribution in [0.25, 0.3) is 0 Å². The van der Waals surface area contributed by atoms with Crippen LogP contribution in [0.1, 0.15) is 44.9 Å². The highest BCUT2D eigenvalue weighted by atomic mass is 16.6. The van der Waals surface area contributed by atoms with Gasteiger partial charge in [0.15, 0.2) is 5.96 Å². The number of ether oxygens (including phenoxy) is 1. The number of guanidine groups is 1. The van der Waals surface area contributed by atoms with Crippen molar-refractivity contribution in [1.29, 1.82) is 0 Å². The minimum absolute atomic E-state index is 0.270. The van der Waals surface area contributed by atoms with Crippen molar-refractivity contribution >= 4 is 17.9 Å². The predicted molar refractivity (Wildman–Crippen MR) is 115 cm³/mol. The van der Waals surface area contributed by atoms with E-state index in [2.05, 4.69) is 16.0 Å². The number of carbonyl (C=O) groups is 1. The second kappa shape index (κ2) is 8.88. The fourth-order valence-electron chi connectivity index (χ4n) is 3.61. The molecule has 0 unspecified atom stereocenters. The summed E-state index contributed by atoms with van der Waals surface area (Å²) >= 11 is 0. The lowest BCUT2D eigenvalue weighted by molar-refractivity contribution is 0.0186. The van der Waals surface area contributed by atoms with Crippen LogP contribution < -0.4 is 10.6 Å². The first kappa shape index (κ1) is 21.2. The molecule has 1 aromatic heterocycles. The SMILES string of the molecule is Cc1ccc(CN=C(N)N2CCN(C(=O)OC(C)(C)C)CC2)c(N2CCCC2)n1. The Balaban J connectivity index is 1.58. The Labute approximate surface area is 173 Å². The third-order valence-corrected chi connectivity index (χ3v) is 5.17. The molecule has 0 aliphatic carbocycles. The summed E-state index contributed by atoms with van der Waals surface area (Å²) in [7, 11) is 0. The number of aliphatic imine (C=N–C) groups is 1. The van der Waals surface area contributed by atoms with Crippen molar-refractivity contribution in [1.82, 2.24) is 14.8 Å². The van der Waals surface area contributed by atoms with Gasteiger partial charge < -0.3 is 25.2 Å². The molecule has 1 aromatic rings. The monoisotopic (exact) mass is 402 g/mol. The van der Waals surface area contributed by atoms with Gasteiger partial charge in [0.25, 0.3) is 0 Å². The molecule has 0 aromatic carbocycles. The lowest BCUT2D eigenvalue weighted by Crippen LogP contribution is -2.53. The number of amides is 1. The van der Waals surface area contributed by atoms with E-state index in [9.17, 15) is 4.79 Å². The molecular weight excluding hydrogens is 368 g/mol. The predicted octanol–water partition coefficient (Wildman–Crippen LogP) is 2.36. The zero-order valence-corrected chi connectivity index (χ0v) is 18.1. The van der Waals surface area contributed by atoms with Crippen LogP contribution in [0.15, 0.2) is 17.1 Å². The lowest BCUT2D eigenvalue weighted by atomic mass is 10.2. The summed E-state index contributed by atoms with van der Waals surface area (Å²) in [6.45, 7) is 12.7.